The number of carbonyl (C=O) groups is 1. The minimum atomic E-state index is -0.282. The van der Waals surface area contributed by atoms with E-state index in [0.717, 1.165) is 30.5 Å². The van der Waals surface area contributed by atoms with Gasteiger partial charge in [-0.25, -0.2) is 4.79 Å². The Balaban J connectivity index is 1.84. The molecule has 5 nitrogen and oxygen atoms in total. The molecule has 1 aromatic carbocycles. The third kappa shape index (κ3) is 4.72. The van der Waals surface area contributed by atoms with Crippen molar-refractivity contribution in [2.75, 3.05) is 18.5 Å². The van der Waals surface area contributed by atoms with E-state index in [9.17, 15) is 9.90 Å². The number of urea groups is 1. The number of amides is 2. The quantitative estimate of drug-likeness (QED) is 0.754. The van der Waals surface area contributed by atoms with Crippen molar-refractivity contribution in [3.05, 3.63) is 29.8 Å². The summed E-state index contributed by atoms with van der Waals surface area (Å²) in [5.41, 5.74) is 1.71. The highest BCUT2D eigenvalue weighted by Crippen LogP contribution is 2.24. The van der Waals surface area contributed by atoms with Crippen molar-refractivity contribution in [3.8, 4) is 0 Å². The maximum atomic E-state index is 12.0. The molecule has 0 saturated heterocycles. The molecule has 2 amide bonds. The van der Waals surface area contributed by atoms with Crippen molar-refractivity contribution in [1.82, 2.24) is 5.32 Å². The SMILES string of the molecule is CCOCc1ccccc1NC(=O)NC[C@@H]1CCC[C@H]1O. The first-order valence-electron chi connectivity index (χ1n) is 7.59. The lowest BCUT2D eigenvalue weighted by molar-refractivity contribution is 0.133. The Bertz CT molecular complexity index is 465. The van der Waals surface area contributed by atoms with Gasteiger partial charge in [0, 0.05) is 30.3 Å². The first kappa shape index (κ1) is 15.8. The molecule has 0 aliphatic heterocycles. The van der Waals surface area contributed by atoms with E-state index in [2.05, 4.69) is 10.6 Å². The van der Waals surface area contributed by atoms with Crippen LogP contribution in [0.1, 0.15) is 31.7 Å². The van der Waals surface area contributed by atoms with Crippen LogP contribution in [0.15, 0.2) is 24.3 Å². The molecule has 2 atom stereocenters. The molecule has 0 heterocycles. The van der Waals surface area contributed by atoms with Crippen molar-refractivity contribution < 1.29 is 14.6 Å². The standard InChI is InChI=1S/C16H24N2O3/c1-2-21-11-13-6-3-4-8-14(13)18-16(20)17-10-12-7-5-9-15(12)19/h3-4,6,8,12,15,19H,2,5,7,9-11H2,1H3,(H2,17,18,20)/t12-,15+/m0/s1. The Morgan fingerprint density at radius 1 is 1.38 bits per heavy atom. The Hall–Kier alpha value is -1.59. The number of hydrogen-bond acceptors (Lipinski definition) is 3. The maximum Gasteiger partial charge on any atom is 0.319 e. The molecule has 1 aliphatic carbocycles. The summed E-state index contributed by atoms with van der Waals surface area (Å²) in [6.45, 7) is 3.57. The predicted octanol–water partition coefficient (Wildman–Crippen LogP) is 2.51. The van der Waals surface area contributed by atoms with Gasteiger partial charge in [0.2, 0.25) is 0 Å². The second-order valence-electron chi connectivity index (χ2n) is 5.39. The van der Waals surface area contributed by atoms with Gasteiger partial charge in [0.1, 0.15) is 0 Å². The highest BCUT2D eigenvalue weighted by molar-refractivity contribution is 5.90. The van der Waals surface area contributed by atoms with Crippen molar-refractivity contribution in [1.29, 1.82) is 0 Å². The van der Waals surface area contributed by atoms with Crippen LogP contribution in [0.2, 0.25) is 0 Å². The smallest absolute Gasteiger partial charge is 0.319 e. The first-order chi connectivity index (χ1) is 10.2. The fourth-order valence-corrected chi connectivity index (χ4v) is 2.63. The monoisotopic (exact) mass is 292 g/mol. The molecule has 116 valence electrons. The van der Waals surface area contributed by atoms with Crippen LogP contribution in [0, 0.1) is 5.92 Å². The van der Waals surface area contributed by atoms with E-state index in [1.807, 2.05) is 31.2 Å². The van der Waals surface area contributed by atoms with Gasteiger partial charge in [-0.15, -0.1) is 0 Å². The zero-order chi connectivity index (χ0) is 15.1. The number of hydrogen-bond donors (Lipinski definition) is 3. The number of aliphatic hydroxyl groups is 1. The summed E-state index contributed by atoms with van der Waals surface area (Å²) in [7, 11) is 0. The number of nitrogens with one attached hydrogen (secondary N) is 2. The second-order valence-corrected chi connectivity index (χ2v) is 5.39. The van der Waals surface area contributed by atoms with E-state index < -0.39 is 0 Å². The molecule has 21 heavy (non-hydrogen) atoms. The van der Waals surface area contributed by atoms with Crippen LogP contribution >= 0.6 is 0 Å². The Labute approximate surface area is 125 Å². The Kier molecular flexibility index (Phi) is 6.02. The van der Waals surface area contributed by atoms with E-state index in [1.54, 1.807) is 0 Å². The van der Waals surface area contributed by atoms with Crippen LogP contribution in [0.5, 0.6) is 0 Å². The molecule has 1 aromatic rings. The minimum absolute atomic E-state index is 0.175. The average Bonchev–Trinajstić information content (AvgIpc) is 2.89. The first-order valence-corrected chi connectivity index (χ1v) is 7.59. The molecule has 0 aromatic heterocycles. The molecule has 3 N–H and O–H groups in total. The molecule has 1 aliphatic rings. The molecular weight excluding hydrogens is 268 g/mol. The van der Waals surface area contributed by atoms with Gasteiger partial charge in [0.15, 0.2) is 0 Å². The van der Waals surface area contributed by atoms with Crippen molar-refractivity contribution >= 4 is 11.7 Å². The number of anilines is 1. The van der Waals surface area contributed by atoms with Crippen molar-refractivity contribution in [2.24, 2.45) is 5.92 Å². The lowest BCUT2D eigenvalue weighted by atomic mass is 10.1. The van der Waals surface area contributed by atoms with E-state index >= 15 is 0 Å². The van der Waals surface area contributed by atoms with Crippen molar-refractivity contribution in [3.63, 3.8) is 0 Å². The summed E-state index contributed by atoms with van der Waals surface area (Å²) < 4.78 is 5.39. The molecule has 0 radical (unpaired) electrons. The number of benzene rings is 1. The molecular formula is C16H24N2O3. The maximum absolute atomic E-state index is 12.0. The number of para-hydroxylation sites is 1. The van der Waals surface area contributed by atoms with E-state index in [0.29, 0.717) is 19.8 Å². The normalized spacial score (nSPS) is 21.2. The van der Waals surface area contributed by atoms with Gasteiger partial charge in [-0.3, -0.25) is 0 Å². The molecule has 2 rings (SSSR count). The van der Waals surface area contributed by atoms with E-state index in [4.69, 9.17) is 4.74 Å². The molecule has 1 fully saturated rings. The molecule has 0 unspecified atom stereocenters. The van der Waals surface area contributed by atoms with E-state index in [-0.39, 0.29) is 18.1 Å². The summed E-state index contributed by atoms with van der Waals surface area (Å²) >= 11 is 0. The van der Waals surface area contributed by atoms with Crippen LogP contribution < -0.4 is 10.6 Å². The third-order valence-electron chi connectivity index (χ3n) is 3.87. The summed E-state index contributed by atoms with van der Waals surface area (Å²) in [6.07, 6.45) is 2.57. The molecule has 0 bridgehead atoms. The number of ether oxygens (including phenoxy) is 1. The largest absolute Gasteiger partial charge is 0.393 e. The summed E-state index contributed by atoms with van der Waals surface area (Å²) in [5, 5.41) is 15.4. The zero-order valence-corrected chi connectivity index (χ0v) is 12.5. The molecule has 1 saturated carbocycles. The Morgan fingerprint density at radius 2 is 2.19 bits per heavy atom. The highest BCUT2D eigenvalue weighted by Gasteiger charge is 2.25. The van der Waals surface area contributed by atoms with Crippen molar-refractivity contribution in [2.45, 2.75) is 38.9 Å². The van der Waals surface area contributed by atoms with Gasteiger partial charge < -0.3 is 20.5 Å². The fraction of sp³-hybridized carbons (Fsp3) is 0.562. The lowest BCUT2D eigenvalue weighted by Crippen LogP contribution is -2.35. The summed E-state index contributed by atoms with van der Waals surface area (Å²) in [6, 6.07) is 7.36. The lowest BCUT2D eigenvalue weighted by Gasteiger charge is -2.16. The molecule has 5 heteroatoms. The number of carbonyl (C=O) groups excluding carboxylic acids is 1. The zero-order valence-electron chi connectivity index (χ0n) is 12.5. The fourth-order valence-electron chi connectivity index (χ4n) is 2.63. The van der Waals surface area contributed by atoms with Crippen LogP contribution in [0.4, 0.5) is 10.5 Å². The summed E-state index contributed by atoms with van der Waals surface area (Å²) in [5.74, 6) is 0.175. The van der Waals surface area contributed by atoms with Crippen LogP contribution in [0.3, 0.4) is 0 Å². The van der Waals surface area contributed by atoms with E-state index in [1.165, 1.54) is 0 Å². The van der Waals surface area contributed by atoms with Crippen LogP contribution in [-0.2, 0) is 11.3 Å². The third-order valence-corrected chi connectivity index (χ3v) is 3.87. The van der Waals surface area contributed by atoms with Gasteiger partial charge in [-0.2, -0.15) is 0 Å². The van der Waals surface area contributed by atoms with Gasteiger partial charge in [0.05, 0.1) is 12.7 Å². The van der Waals surface area contributed by atoms with Gasteiger partial charge >= 0.3 is 6.03 Å². The highest BCUT2D eigenvalue weighted by atomic mass is 16.5. The number of aliphatic hydroxyl groups excluding tert-OH is 1. The topological polar surface area (TPSA) is 70.6 Å². The minimum Gasteiger partial charge on any atom is -0.393 e. The number of rotatable bonds is 6. The summed E-state index contributed by atoms with van der Waals surface area (Å²) in [4.78, 5) is 12.0. The average molecular weight is 292 g/mol. The predicted molar refractivity (Wildman–Crippen MR) is 82.1 cm³/mol. The van der Waals surface area contributed by atoms with Crippen LogP contribution in [-0.4, -0.2) is 30.4 Å². The van der Waals surface area contributed by atoms with Gasteiger partial charge in [-0.05, 0) is 25.8 Å². The van der Waals surface area contributed by atoms with Gasteiger partial charge in [-0.1, -0.05) is 24.6 Å². The van der Waals surface area contributed by atoms with Crippen LogP contribution in [0.25, 0.3) is 0 Å². The Morgan fingerprint density at radius 3 is 2.90 bits per heavy atom. The van der Waals surface area contributed by atoms with Gasteiger partial charge in [0.25, 0.3) is 0 Å². The molecule has 0 spiro atoms. The second kappa shape index (κ2) is 8.00.